The van der Waals surface area contributed by atoms with E-state index in [-0.39, 0.29) is 18.9 Å². The summed E-state index contributed by atoms with van der Waals surface area (Å²) < 4.78 is 12.5. The zero-order valence-corrected chi connectivity index (χ0v) is 25.7. The van der Waals surface area contributed by atoms with Crippen molar-refractivity contribution in [2.45, 2.75) is 43.7 Å². The van der Waals surface area contributed by atoms with E-state index in [1.807, 2.05) is 77.7 Å². The minimum atomic E-state index is -1.35. The van der Waals surface area contributed by atoms with Gasteiger partial charge in [-0.15, -0.1) is 0 Å². The van der Waals surface area contributed by atoms with Crippen molar-refractivity contribution in [2.75, 3.05) is 26.3 Å². The van der Waals surface area contributed by atoms with Gasteiger partial charge in [-0.3, -0.25) is 4.79 Å². The third kappa shape index (κ3) is 6.61. The number of piperidine rings is 1. The number of hydrogen-bond acceptors (Lipinski definition) is 6. The molecule has 4 aromatic carbocycles. The second-order valence-corrected chi connectivity index (χ2v) is 11.6. The summed E-state index contributed by atoms with van der Waals surface area (Å²) in [4.78, 5) is 25.0. The number of azide groups is 1. The highest BCUT2D eigenvalue weighted by Crippen LogP contribution is 2.45. The van der Waals surface area contributed by atoms with Crippen molar-refractivity contribution in [1.29, 1.82) is 0 Å². The SMILES string of the molecule is [N-]=[N+]=Nc1ccccc1C[C@@]1(C(=O)N2CCCCC2)N=C(c2ccc(OCCCO)cc2)O[C@@H]1c1ccc(-c2ccccc2)cc1. The molecule has 2 aliphatic heterocycles. The second-order valence-electron chi connectivity index (χ2n) is 11.6. The first-order valence-corrected chi connectivity index (χ1v) is 15.8. The Morgan fingerprint density at radius 3 is 2.30 bits per heavy atom. The van der Waals surface area contributed by atoms with Gasteiger partial charge in [0.25, 0.3) is 5.91 Å². The van der Waals surface area contributed by atoms with Crippen LogP contribution in [-0.2, 0) is 16.0 Å². The van der Waals surface area contributed by atoms with Gasteiger partial charge in [-0.05, 0) is 71.3 Å². The first-order chi connectivity index (χ1) is 22.6. The van der Waals surface area contributed by atoms with Gasteiger partial charge >= 0.3 is 0 Å². The molecule has 1 amide bonds. The highest BCUT2D eigenvalue weighted by molar-refractivity contribution is 6.01. The number of aliphatic hydroxyl groups is 1. The van der Waals surface area contributed by atoms with Crippen molar-refractivity contribution in [3.8, 4) is 16.9 Å². The zero-order chi connectivity index (χ0) is 31.8. The van der Waals surface area contributed by atoms with Crippen molar-refractivity contribution in [3.05, 3.63) is 130 Å². The fourth-order valence-corrected chi connectivity index (χ4v) is 6.22. The van der Waals surface area contributed by atoms with Gasteiger partial charge in [-0.2, -0.15) is 0 Å². The van der Waals surface area contributed by atoms with Gasteiger partial charge in [0, 0.05) is 48.7 Å². The second kappa shape index (κ2) is 14.3. The predicted octanol–water partition coefficient (Wildman–Crippen LogP) is 7.57. The minimum Gasteiger partial charge on any atom is -0.494 e. The number of ether oxygens (including phenoxy) is 2. The Morgan fingerprint density at radius 2 is 1.59 bits per heavy atom. The number of carbonyl (C=O) groups is 1. The number of amides is 1. The van der Waals surface area contributed by atoms with Crippen molar-refractivity contribution in [1.82, 2.24) is 4.90 Å². The molecular weight excluding hydrogens is 578 g/mol. The molecular formula is C37H37N5O4. The highest BCUT2D eigenvalue weighted by Gasteiger charge is 2.55. The van der Waals surface area contributed by atoms with Gasteiger partial charge < -0.3 is 19.5 Å². The third-order valence-electron chi connectivity index (χ3n) is 8.57. The van der Waals surface area contributed by atoms with E-state index in [4.69, 9.17) is 19.6 Å². The molecule has 0 aromatic heterocycles. The molecule has 1 fully saturated rings. The van der Waals surface area contributed by atoms with Gasteiger partial charge in [0.15, 0.2) is 11.6 Å². The predicted molar refractivity (Wildman–Crippen MR) is 178 cm³/mol. The van der Waals surface area contributed by atoms with Gasteiger partial charge in [0.2, 0.25) is 5.90 Å². The van der Waals surface area contributed by atoms with Crippen LogP contribution in [0.15, 0.2) is 113 Å². The first kappa shape index (κ1) is 30.9. The summed E-state index contributed by atoms with van der Waals surface area (Å²) in [5, 5.41) is 13.0. The first-order valence-electron chi connectivity index (χ1n) is 15.8. The molecule has 0 radical (unpaired) electrons. The number of hydrogen-bond donors (Lipinski definition) is 1. The molecule has 4 aromatic rings. The summed E-state index contributed by atoms with van der Waals surface area (Å²) in [5.41, 5.74) is 12.9. The number of rotatable bonds is 11. The van der Waals surface area contributed by atoms with Crippen molar-refractivity contribution in [3.63, 3.8) is 0 Å². The van der Waals surface area contributed by atoms with Crippen LogP contribution in [0.3, 0.4) is 0 Å². The summed E-state index contributed by atoms with van der Waals surface area (Å²) >= 11 is 0. The molecule has 1 N–H and O–H groups in total. The number of aliphatic hydroxyl groups excluding tert-OH is 1. The molecule has 0 saturated carbocycles. The van der Waals surface area contributed by atoms with Crippen LogP contribution in [0, 0.1) is 0 Å². The van der Waals surface area contributed by atoms with Crippen LogP contribution < -0.4 is 4.74 Å². The molecule has 46 heavy (non-hydrogen) atoms. The Morgan fingerprint density at radius 1 is 0.913 bits per heavy atom. The quantitative estimate of drug-likeness (QED) is 0.0810. The highest BCUT2D eigenvalue weighted by atomic mass is 16.5. The smallest absolute Gasteiger partial charge is 0.255 e. The summed E-state index contributed by atoms with van der Waals surface area (Å²) in [6, 6.07) is 33.0. The average Bonchev–Trinajstić information content (AvgIpc) is 3.50. The van der Waals surface area contributed by atoms with Crippen LogP contribution in [-0.4, -0.2) is 53.7 Å². The van der Waals surface area contributed by atoms with Gasteiger partial charge in [0.05, 0.1) is 6.61 Å². The van der Waals surface area contributed by atoms with Crippen LogP contribution in [0.5, 0.6) is 5.75 Å². The van der Waals surface area contributed by atoms with E-state index in [1.54, 1.807) is 6.07 Å². The standard InChI is InChI=1S/C37H37N5O4/c38-41-40-33-13-6-5-12-31(33)26-37(36(44)42-22-7-2-8-23-42)34(29-16-14-28(15-17-29)27-10-3-1-4-11-27)46-35(39-37)30-18-20-32(21-19-30)45-25-9-24-43/h1,3-6,10-21,34,43H,2,7-9,22-26H2/t34-,37-/m1/s1. The van der Waals surface area contributed by atoms with E-state index < -0.39 is 11.6 Å². The Bertz CT molecular complexity index is 1710. The summed E-state index contributed by atoms with van der Waals surface area (Å²) in [5.74, 6) is 0.937. The summed E-state index contributed by atoms with van der Waals surface area (Å²) in [6.45, 7) is 1.78. The largest absolute Gasteiger partial charge is 0.494 e. The Hall–Kier alpha value is -5.11. The molecule has 2 aliphatic rings. The van der Waals surface area contributed by atoms with Gasteiger partial charge in [0.1, 0.15) is 5.75 Å². The normalized spacial score (nSPS) is 19.1. The topological polar surface area (TPSA) is 120 Å². The number of aliphatic imine (C=N–C) groups is 1. The molecule has 0 spiro atoms. The van der Waals surface area contributed by atoms with Crippen molar-refractivity contribution in [2.24, 2.45) is 10.1 Å². The molecule has 234 valence electrons. The number of carbonyl (C=O) groups excluding carboxylic acids is 1. The molecule has 1 saturated heterocycles. The van der Waals surface area contributed by atoms with E-state index >= 15 is 0 Å². The lowest BCUT2D eigenvalue weighted by molar-refractivity contribution is -0.140. The molecule has 6 rings (SSSR count). The lowest BCUT2D eigenvalue weighted by Gasteiger charge is -2.37. The fourth-order valence-electron chi connectivity index (χ4n) is 6.22. The summed E-state index contributed by atoms with van der Waals surface area (Å²) in [7, 11) is 0. The number of likely N-dealkylation sites (tertiary alicyclic amines) is 1. The molecule has 0 unspecified atom stereocenters. The molecule has 9 heteroatoms. The van der Waals surface area contributed by atoms with Gasteiger partial charge in [-0.25, -0.2) is 4.99 Å². The van der Waals surface area contributed by atoms with E-state index in [0.717, 1.165) is 47.1 Å². The zero-order valence-electron chi connectivity index (χ0n) is 25.7. The van der Waals surface area contributed by atoms with Crippen LogP contribution in [0.25, 0.3) is 21.6 Å². The van der Waals surface area contributed by atoms with Crippen LogP contribution in [0.2, 0.25) is 0 Å². The Kier molecular flexibility index (Phi) is 9.62. The van der Waals surface area contributed by atoms with Gasteiger partial charge in [-0.1, -0.05) is 84.0 Å². The third-order valence-corrected chi connectivity index (χ3v) is 8.57. The van der Waals surface area contributed by atoms with E-state index in [9.17, 15) is 10.3 Å². The van der Waals surface area contributed by atoms with E-state index in [0.29, 0.717) is 43.5 Å². The van der Waals surface area contributed by atoms with E-state index in [2.05, 4.69) is 34.3 Å². The fraction of sp³-hybridized carbons (Fsp3) is 0.297. The minimum absolute atomic E-state index is 0.0619. The maximum atomic E-state index is 14.8. The van der Waals surface area contributed by atoms with Crippen molar-refractivity contribution >= 4 is 17.5 Å². The molecule has 2 atom stereocenters. The van der Waals surface area contributed by atoms with Crippen LogP contribution in [0.1, 0.15) is 48.5 Å². The maximum absolute atomic E-state index is 14.8. The molecule has 2 heterocycles. The monoisotopic (exact) mass is 615 g/mol. The maximum Gasteiger partial charge on any atom is 0.255 e. The molecule has 0 aliphatic carbocycles. The molecule has 0 bridgehead atoms. The van der Waals surface area contributed by atoms with E-state index in [1.165, 1.54) is 0 Å². The molecule has 9 nitrogen and oxygen atoms in total. The average molecular weight is 616 g/mol. The number of nitrogens with zero attached hydrogens (tertiary/aromatic N) is 5. The summed E-state index contributed by atoms with van der Waals surface area (Å²) in [6.07, 6.45) is 2.95. The Labute approximate surface area is 268 Å². The lowest BCUT2D eigenvalue weighted by atomic mass is 9.80. The van der Waals surface area contributed by atoms with Crippen LogP contribution >= 0.6 is 0 Å². The lowest BCUT2D eigenvalue weighted by Crippen LogP contribution is -2.53. The van der Waals surface area contributed by atoms with Crippen LogP contribution in [0.4, 0.5) is 5.69 Å². The Balaban J connectivity index is 1.45. The number of benzene rings is 4. The van der Waals surface area contributed by atoms with Crippen molar-refractivity contribution < 1.29 is 19.4 Å².